The summed E-state index contributed by atoms with van der Waals surface area (Å²) in [7, 11) is -3.51. The van der Waals surface area contributed by atoms with Gasteiger partial charge in [-0.2, -0.15) is 10.4 Å². The van der Waals surface area contributed by atoms with Crippen molar-refractivity contribution in [3.05, 3.63) is 27.4 Å². The Balaban J connectivity index is 0.000000701. The molecule has 0 aliphatic rings. The van der Waals surface area contributed by atoms with Crippen LogP contribution in [0.1, 0.15) is 32.2 Å². The molecule has 0 aliphatic carbocycles. The summed E-state index contributed by atoms with van der Waals surface area (Å²) >= 11 is 11.0. The van der Waals surface area contributed by atoms with Crippen LogP contribution >= 0.6 is 30.8 Å². The van der Waals surface area contributed by atoms with Gasteiger partial charge in [0.2, 0.25) is 0 Å². The lowest BCUT2D eigenvalue weighted by Crippen LogP contribution is -2.44. The number of nitrogens with one attached hydrogen (secondary N) is 2. The number of amides is 4. The van der Waals surface area contributed by atoms with Crippen LogP contribution in [0.25, 0.3) is 0 Å². The maximum Gasteiger partial charge on any atom is 0.352 e. The lowest BCUT2D eigenvalue weighted by molar-refractivity contribution is 0.166. The number of nitrogen functional groups attached to an aromatic ring is 1. The number of hydrogen-bond acceptors (Lipinski definition) is 12. The second kappa shape index (κ2) is 18.6. The predicted molar refractivity (Wildman–Crippen MR) is 139 cm³/mol. The minimum absolute atomic E-state index is 0.0385. The fourth-order valence-electron chi connectivity index (χ4n) is 2.61. The van der Waals surface area contributed by atoms with Crippen LogP contribution < -0.4 is 16.5 Å². The van der Waals surface area contributed by atoms with Gasteiger partial charge in [-0.05, 0) is 27.7 Å². The first-order chi connectivity index (χ1) is 17.5. The van der Waals surface area contributed by atoms with Crippen LogP contribution in [0.4, 0.5) is 15.4 Å². The number of carbonyl (C=O) groups is 2. The summed E-state index contributed by atoms with van der Waals surface area (Å²) in [4.78, 5) is 52.6. The van der Waals surface area contributed by atoms with Crippen LogP contribution in [0.15, 0.2) is 16.8 Å². The molecule has 19 heteroatoms. The van der Waals surface area contributed by atoms with Crippen LogP contribution in [-0.2, 0) is 20.2 Å². The minimum atomic E-state index is -3.51. The second-order valence-electron chi connectivity index (χ2n) is 6.78. The number of urea groups is 2. The highest BCUT2D eigenvalue weighted by molar-refractivity contribution is 7.54. The molecule has 1 heterocycles. The van der Waals surface area contributed by atoms with Gasteiger partial charge in [-0.1, -0.05) is 0 Å². The van der Waals surface area contributed by atoms with Crippen LogP contribution in [0.2, 0.25) is 0 Å². The van der Waals surface area contributed by atoms with Gasteiger partial charge < -0.3 is 25.0 Å². The van der Waals surface area contributed by atoms with Gasteiger partial charge in [0.05, 0.1) is 30.3 Å². The summed E-state index contributed by atoms with van der Waals surface area (Å²) in [6.45, 7) is 7.10. The largest absolute Gasteiger partial charge is 0.383 e. The minimum Gasteiger partial charge on any atom is -0.383 e. The quantitative estimate of drug-likeness (QED) is 0.125. The van der Waals surface area contributed by atoms with Crippen molar-refractivity contribution in [3.8, 4) is 0 Å². The number of rotatable bonds is 14. The summed E-state index contributed by atoms with van der Waals surface area (Å²) < 4.78 is 22.8. The van der Waals surface area contributed by atoms with Crippen molar-refractivity contribution in [1.29, 1.82) is 0 Å². The van der Waals surface area contributed by atoms with Gasteiger partial charge in [0, 0.05) is 36.6 Å². The molecule has 0 radical (unpaired) electrons. The lowest BCUT2D eigenvalue weighted by atomic mass is 10.3. The van der Waals surface area contributed by atoms with Crippen molar-refractivity contribution < 1.29 is 23.2 Å². The molecule has 1 aromatic rings. The summed E-state index contributed by atoms with van der Waals surface area (Å²) in [5, 5.41) is 8.00. The topological polar surface area (TPSA) is 211 Å². The summed E-state index contributed by atoms with van der Waals surface area (Å²) in [5.74, 6) is 0.170. The Labute approximate surface area is 224 Å². The highest BCUT2D eigenvalue weighted by Gasteiger charge is 2.38. The Morgan fingerprint density at radius 3 is 2.22 bits per heavy atom. The molecular weight excluding hydrogens is 556 g/mol. The van der Waals surface area contributed by atoms with E-state index in [1.807, 2.05) is 0 Å². The molecule has 1 aromatic heterocycles. The van der Waals surface area contributed by atoms with E-state index in [-0.39, 0.29) is 50.4 Å². The van der Waals surface area contributed by atoms with Crippen LogP contribution in [0, 0.1) is 16.7 Å². The number of carbonyl (C=O) groups excluding carboxylic acids is 2. The predicted octanol–water partition coefficient (Wildman–Crippen LogP) is 3.33. The fourth-order valence-corrected chi connectivity index (χ4v) is 4.74. The average molecular weight is 588 g/mol. The van der Waals surface area contributed by atoms with Crippen molar-refractivity contribution in [2.75, 3.05) is 43.8 Å². The molecule has 37 heavy (non-hydrogen) atoms. The van der Waals surface area contributed by atoms with Crippen LogP contribution in [0.3, 0.4) is 0 Å². The molecule has 0 aliphatic heterocycles. The Morgan fingerprint density at radius 2 is 1.76 bits per heavy atom. The van der Waals surface area contributed by atoms with E-state index in [4.69, 9.17) is 38.0 Å². The molecular formula is C18H32Cl2N9O7P. The summed E-state index contributed by atoms with van der Waals surface area (Å²) in [5.41, 5.74) is 7.95. The van der Waals surface area contributed by atoms with Gasteiger partial charge in [-0.3, -0.25) is 4.57 Å². The van der Waals surface area contributed by atoms with Gasteiger partial charge >= 0.3 is 19.7 Å². The SMILES string of the molecule is CCOP(=O)(OCC)C(C)N(CCCl)C(=O)NN=O.Cc1ncc(CNC(=O)N(CCCl)N=O)c(N)n1. The third-order valence-electron chi connectivity index (χ3n) is 4.33. The first kappa shape index (κ1) is 34.4. The van der Waals surface area contributed by atoms with E-state index in [1.54, 1.807) is 26.2 Å². The normalized spacial score (nSPS) is 11.4. The van der Waals surface area contributed by atoms with E-state index in [0.717, 1.165) is 4.90 Å². The van der Waals surface area contributed by atoms with Gasteiger partial charge in [0.15, 0.2) is 0 Å². The van der Waals surface area contributed by atoms with Crippen LogP contribution in [0.5, 0.6) is 0 Å². The highest BCUT2D eigenvalue weighted by atomic mass is 35.5. The van der Waals surface area contributed by atoms with Gasteiger partial charge in [-0.25, -0.2) is 19.6 Å². The number of hydrogen-bond donors (Lipinski definition) is 3. The first-order valence-electron chi connectivity index (χ1n) is 10.9. The molecule has 1 rings (SSSR count). The molecule has 4 N–H and O–H groups in total. The van der Waals surface area contributed by atoms with Gasteiger partial charge in [0.1, 0.15) is 17.4 Å². The van der Waals surface area contributed by atoms with Crippen molar-refractivity contribution in [2.24, 2.45) is 10.6 Å². The average Bonchev–Trinajstić information content (AvgIpc) is 2.85. The first-order valence-corrected chi connectivity index (χ1v) is 13.6. The molecule has 0 saturated carbocycles. The van der Waals surface area contributed by atoms with Gasteiger partial charge in [0.25, 0.3) is 0 Å². The number of aryl methyl sites for hydroxylation is 1. The van der Waals surface area contributed by atoms with E-state index < -0.39 is 25.4 Å². The zero-order valence-corrected chi connectivity index (χ0v) is 23.3. The monoisotopic (exact) mass is 587 g/mol. The molecule has 1 atom stereocenters. The third-order valence-corrected chi connectivity index (χ3v) is 7.10. The maximum atomic E-state index is 12.5. The van der Waals surface area contributed by atoms with Crippen molar-refractivity contribution in [1.82, 2.24) is 30.6 Å². The molecule has 210 valence electrons. The zero-order chi connectivity index (χ0) is 28.4. The molecule has 0 aromatic carbocycles. The highest BCUT2D eigenvalue weighted by Crippen LogP contribution is 2.53. The van der Waals surface area contributed by atoms with E-state index in [9.17, 15) is 24.0 Å². The van der Waals surface area contributed by atoms with E-state index in [1.165, 1.54) is 13.1 Å². The number of alkyl halides is 2. The van der Waals surface area contributed by atoms with Gasteiger partial charge in [-0.15, -0.1) is 33.0 Å². The number of halogens is 2. The molecule has 0 saturated heterocycles. The number of aromatic nitrogens is 2. The molecule has 1 unspecified atom stereocenters. The van der Waals surface area contributed by atoms with Crippen molar-refractivity contribution in [3.63, 3.8) is 0 Å². The van der Waals surface area contributed by atoms with E-state index in [0.29, 0.717) is 16.4 Å². The van der Waals surface area contributed by atoms with Crippen LogP contribution in [-0.4, -0.2) is 75.8 Å². The Morgan fingerprint density at radius 1 is 1.16 bits per heavy atom. The third kappa shape index (κ3) is 12.0. The smallest absolute Gasteiger partial charge is 0.352 e. The standard InChI is InChI=1S/C9H13ClN6O2.C9H19ClN3O5P/c1-6-12-4-7(8(11)14-6)5-13-9(17)16(15-18)3-2-10;1-4-17-19(16,18-5-2)8(3)13(7-6-10)9(14)11-12-15/h4H,2-3,5H2,1H3,(H,13,17)(H2,11,12,14);8H,4-7H2,1-3H3,(H,11,14,15). The Bertz CT molecular complexity index is 922. The summed E-state index contributed by atoms with van der Waals surface area (Å²) in [6, 6.07) is -1.45. The zero-order valence-electron chi connectivity index (χ0n) is 20.9. The second-order valence-corrected chi connectivity index (χ2v) is 9.88. The van der Waals surface area contributed by atoms with E-state index in [2.05, 4.69) is 25.9 Å². The van der Waals surface area contributed by atoms with E-state index >= 15 is 0 Å². The molecule has 4 amide bonds. The number of anilines is 1. The number of nitrogens with zero attached hydrogens (tertiary/aromatic N) is 6. The molecule has 0 fully saturated rings. The summed E-state index contributed by atoms with van der Waals surface area (Å²) in [6.07, 6.45) is 1.51. The maximum absolute atomic E-state index is 12.5. The van der Waals surface area contributed by atoms with Crippen molar-refractivity contribution in [2.45, 2.75) is 40.0 Å². The Hall–Kier alpha value is -2.65. The van der Waals surface area contributed by atoms with Crippen molar-refractivity contribution >= 4 is 48.7 Å². The molecule has 0 spiro atoms. The molecule has 16 nitrogen and oxygen atoms in total. The fraction of sp³-hybridized carbons (Fsp3) is 0.667. The number of nitrogens with two attached hydrogens (primary N) is 1. The number of nitroso groups, excluding NO2 is 2. The Kier molecular flexibility index (Phi) is 17.2. The lowest BCUT2D eigenvalue weighted by Gasteiger charge is -2.32. The molecule has 0 bridgehead atoms.